The second-order valence-electron chi connectivity index (χ2n) is 9.80. The average molecular weight is 543 g/mol. The Kier molecular flexibility index (Phi) is 7.51. The van der Waals surface area contributed by atoms with Crippen molar-refractivity contribution in [1.29, 1.82) is 0 Å². The van der Waals surface area contributed by atoms with Crippen LogP contribution in [0.4, 0.5) is 5.82 Å². The van der Waals surface area contributed by atoms with Gasteiger partial charge in [0.25, 0.3) is 0 Å². The zero-order valence-corrected chi connectivity index (χ0v) is 23.0. The summed E-state index contributed by atoms with van der Waals surface area (Å²) in [7, 11) is 0. The predicted molar refractivity (Wildman–Crippen MR) is 154 cm³/mol. The summed E-state index contributed by atoms with van der Waals surface area (Å²) < 4.78 is 12.4. The normalized spacial score (nSPS) is 21.8. The van der Waals surface area contributed by atoms with E-state index >= 15 is 0 Å². The van der Waals surface area contributed by atoms with Gasteiger partial charge in [0.2, 0.25) is 0 Å². The Morgan fingerprint density at radius 1 is 0.971 bits per heavy atom. The molecule has 0 spiro atoms. The molecule has 0 unspecified atom stereocenters. The monoisotopic (exact) mass is 542 g/mol. The molecule has 0 bridgehead atoms. The van der Waals surface area contributed by atoms with Gasteiger partial charge in [-0.05, 0) is 110 Å². The molecular weight excluding hydrogens is 512 g/mol. The van der Waals surface area contributed by atoms with Crippen LogP contribution in [0.1, 0.15) is 32.1 Å². The number of halogens is 1. The second-order valence-corrected chi connectivity index (χ2v) is 13.3. The van der Waals surface area contributed by atoms with Gasteiger partial charge in [-0.15, -0.1) is 11.3 Å². The molecule has 4 aromatic rings. The van der Waals surface area contributed by atoms with Crippen LogP contribution >= 0.6 is 46.4 Å². The topological polar surface area (TPSA) is 31.4 Å². The first-order valence-electron chi connectivity index (χ1n) is 12.6. The van der Waals surface area contributed by atoms with Crippen LogP contribution in [0.2, 0.25) is 5.02 Å². The number of aromatic nitrogens is 1. The Labute approximate surface area is 224 Å². The van der Waals surface area contributed by atoms with Gasteiger partial charge >= 0.3 is 0 Å². The van der Waals surface area contributed by atoms with Gasteiger partial charge in [-0.1, -0.05) is 23.7 Å². The molecule has 1 aliphatic heterocycles. The molecule has 184 valence electrons. The van der Waals surface area contributed by atoms with E-state index in [2.05, 4.69) is 57.0 Å². The summed E-state index contributed by atoms with van der Waals surface area (Å²) in [6.07, 6.45) is 6.63. The number of anilines is 1. The van der Waals surface area contributed by atoms with Crippen molar-refractivity contribution < 1.29 is 0 Å². The minimum Gasteiger partial charge on any atom is -0.353 e. The molecule has 3 heterocycles. The number of fused-ring (bicyclic) bond motifs is 2. The number of hydrogen-bond acceptors (Lipinski definition) is 7. The first-order valence-corrected chi connectivity index (χ1v) is 15.4. The fourth-order valence-corrected chi connectivity index (χ4v) is 8.44. The summed E-state index contributed by atoms with van der Waals surface area (Å²) in [5, 5.41) is 3.37. The van der Waals surface area contributed by atoms with Crippen LogP contribution in [0.15, 0.2) is 52.7 Å². The highest BCUT2D eigenvalue weighted by molar-refractivity contribution is 7.99. The van der Waals surface area contributed by atoms with Crippen LogP contribution in [0.3, 0.4) is 0 Å². The van der Waals surface area contributed by atoms with Crippen LogP contribution in [0.25, 0.3) is 20.2 Å². The molecule has 2 aromatic heterocycles. The third-order valence-electron chi connectivity index (χ3n) is 7.51. The number of benzene rings is 2. The first-order chi connectivity index (χ1) is 17.2. The van der Waals surface area contributed by atoms with E-state index in [4.69, 9.17) is 16.0 Å². The maximum atomic E-state index is 6.14. The van der Waals surface area contributed by atoms with E-state index < -0.39 is 0 Å². The minimum atomic E-state index is 0.626. The number of nitrogens with one attached hydrogen (secondary N) is 1. The van der Waals surface area contributed by atoms with Crippen LogP contribution in [-0.4, -0.2) is 48.0 Å². The molecule has 8 heteroatoms. The number of rotatable bonds is 7. The molecule has 0 amide bonds. The molecule has 0 radical (unpaired) electrons. The van der Waals surface area contributed by atoms with E-state index in [1.807, 2.05) is 17.4 Å². The molecule has 2 fully saturated rings. The van der Waals surface area contributed by atoms with Gasteiger partial charge in [0.15, 0.2) is 0 Å². The lowest BCUT2D eigenvalue weighted by molar-refractivity contribution is 0.215. The van der Waals surface area contributed by atoms with E-state index in [1.165, 1.54) is 68.8 Å². The van der Waals surface area contributed by atoms with Crippen molar-refractivity contribution in [2.75, 3.05) is 37.6 Å². The number of piperazine rings is 1. The SMILES string of the molecule is Clc1ccc2sc(SNC3CCC(CCN4CCN(c5nsc6ccccc56)CC4)CC3)cc2c1. The molecule has 1 aliphatic carbocycles. The van der Waals surface area contributed by atoms with Gasteiger partial charge in [0, 0.05) is 47.3 Å². The largest absolute Gasteiger partial charge is 0.353 e. The Morgan fingerprint density at radius 3 is 2.66 bits per heavy atom. The zero-order chi connectivity index (χ0) is 23.6. The van der Waals surface area contributed by atoms with Crippen molar-refractivity contribution in [3.8, 4) is 0 Å². The third-order valence-corrected chi connectivity index (χ3v) is 10.7. The standard InChI is InChI=1S/C27H31ClN4S3/c28-21-7-10-24-20(17-21)18-26(33-24)35-29-22-8-5-19(6-9-22)11-12-31-13-15-32(16-14-31)27-23-3-1-2-4-25(23)34-30-27/h1-4,7,10,17-19,22,29H,5-6,8-9,11-16H2. The molecule has 6 rings (SSSR count). The van der Waals surface area contributed by atoms with Gasteiger partial charge in [-0.2, -0.15) is 4.37 Å². The van der Waals surface area contributed by atoms with Crippen molar-refractivity contribution in [2.24, 2.45) is 5.92 Å². The number of thiophene rings is 1. The lowest BCUT2D eigenvalue weighted by atomic mass is 9.84. The Hall–Kier alpha value is -1.35. The molecule has 35 heavy (non-hydrogen) atoms. The summed E-state index contributed by atoms with van der Waals surface area (Å²) in [4.78, 5) is 5.15. The highest BCUT2D eigenvalue weighted by Gasteiger charge is 2.24. The predicted octanol–water partition coefficient (Wildman–Crippen LogP) is 7.53. The molecule has 1 saturated heterocycles. The Bertz CT molecular complexity index is 1270. The van der Waals surface area contributed by atoms with Crippen LogP contribution in [0.5, 0.6) is 0 Å². The second kappa shape index (κ2) is 11.0. The maximum absolute atomic E-state index is 6.14. The highest BCUT2D eigenvalue weighted by atomic mass is 35.5. The van der Waals surface area contributed by atoms with E-state index in [0.29, 0.717) is 6.04 Å². The van der Waals surface area contributed by atoms with Gasteiger partial charge in [-0.3, -0.25) is 9.62 Å². The molecule has 4 nitrogen and oxygen atoms in total. The third kappa shape index (κ3) is 5.65. The van der Waals surface area contributed by atoms with Crippen LogP contribution < -0.4 is 9.62 Å². The Morgan fingerprint density at radius 2 is 1.80 bits per heavy atom. The fourth-order valence-electron chi connectivity index (χ4n) is 5.40. The number of nitrogens with zero attached hydrogens (tertiary/aromatic N) is 3. The zero-order valence-electron chi connectivity index (χ0n) is 19.8. The lowest BCUT2D eigenvalue weighted by Crippen LogP contribution is -2.47. The number of hydrogen-bond donors (Lipinski definition) is 1. The molecule has 0 atom stereocenters. The van der Waals surface area contributed by atoms with Crippen molar-refractivity contribution in [1.82, 2.24) is 14.0 Å². The molecule has 1 saturated carbocycles. The van der Waals surface area contributed by atoms with Gasteiger partial charge in [-0.25, -0.2) is 0 Å². The van der Waals surface area contributed by atoms with E-state index in [1.54, 1.807) is 23.5 Å². The van der Waals surface area contributed by atoms with Gasteiger partial charge < -0.3 is 4.90 Å². The van der Waals surface area contributed by atoms with Crippen LogP contribution in [0, 0.1) is 5.92 Å². The summed E-state index contributed by atoms with van der Waals surface area (Å²) >= 11 is 11.4. The van der Waals surface area contributed by atoms with E-state index in [9.17, 15) is 0 Å². The maximum Gasteiger partial charge on any atom is 0.150 e. The fraction of sp³-hybridized carbons (Fsp3) is 0.444. The lowest BCUT2D eigenvalue weighted by Gasteiger charge is -2.36. The van der Waals surface area contributed by atoms with Crippen molar-refractivity contribution in [3.05, 3.63) is 53.6 Å². The Balaban J connectivity index is 0.912. The molecular formula is C27H31ClN4S3. The summed E-state index contributed by atoms with van der Waals surface area (Å²) in [6.45, 7) is 5.73. The first kappa shape index (κ1) is 24.0. The highest BCUT2D eigenvalue weighted by Crippen LogP contribution is 2.35. The average Bonchev–Trinajstić information content (AvgIpc) is 3.51. The summed E-state index contributed by atoms with van der Waals surface area (Å²) in [5.74, 6) is 2.07. The van der Waals surface area contributed by atoms with E-state index in [0.717, 1.165) is 37.1 Å². The molecule has 2 aromatic carbocycles. The summed E-state index contributed by atoms with van der Waals surface area (Å²) in [6, 6.07) is 17.7. The van der Waals surface area contributed by atoms with Gasteiger partial charge in [0.1, 0.15) is 5.82 Å². The van der Waals surface area contributed by atoms with Gasteiger partial charge in [0.05, 0.1) is 8.91 Å². The quantitative estimate of drug-likeness (QED) is 0.244. The van der Waals surface area contributed by atoms with Crippen molar-refractivity contribution in [3.63, 3.8) is 0 Å². The minimum absolute atomic E-state index is 0.626. The van der Waals surface area contributed by atoms with E-state index in [-0.39, 0.29) is 0 Å². The summed E-state index contributed by atoms with van der Waals surface area (Å²) in [5.41, 5.74) is 0. The molecule has 1 N–H and O–H groups in total. The van der Waals surface area contributed by atoms with Crippen LogP contribution in [-0.2, 0) is 0 Å². The van der Waals surface area contributed by atoms with Crippen molar-refractivity contribution in [2.45, 2.75) is 42.4 Å². The van der Waals surface area contributed by atoms with Crippen molar-refractivity contribution >= 4 is 72.4 Å². The molecule has 2 aliphatic rings. The smallest absolute Gasteiger partial charge is 0.150 e.